The third-order valence-electron chi connectivity index (χ3n) is 11.7. The lowest BCUT2D eigenvalue weighted by molar-refractivity contribution is -0.140. The third-order valence-corrected chi connectivity index (χ3v) is 11.7. The number of aromatic nitrogens is 1. The van der Waals surface area contributed by atoms with Crippen LogP contribution in [0.1, 0.15) is 89.7 Å². The molecule has 17 heteroatoms. The second kappa shape index (κ2) is 19.9. The van der Waals surface area contributed by atoms with Crippen LogP contribution in [0.3, 0.4) is 0 Å². The van der Waals surface area contributed by atoms with Crippen molar-refractivity contribution in [3.8, 4) is 17.6 Å². The number of likely N-dealkylation sites (tertiary alicyclic amines) is 3. The fourth-order valence-electron chi connectivity index (χ4n) is 8.52. The van der Waals surface area contributed by atoms with E-state index in [1.807, 2.05) is 32.7 Å². The lowest BCUT2D eigenvalue weighted by Gasteiger charge is -2.42. The molecular weight excluding hydrogens is 835 g/mol. The summed E-state index contributed by atoms with van der Waals surface area (Å²) in [5.74, 6) is 5.64. The van der Waals surface area contributed by atoms with E-state index in [0.717, 1.165) is 43.3 Å². The molecule has 3 fully saturated rings. The lowest BCUT2D eigenvalue weighted by Crippen LogP contribution is -2.52. The minimum atomic E-state index is -4.57. The molecule has 13 nitrogen and oxygen atoms in total. The summed E-state index contributed by atoms with van der Waals surface area (Å²) >= 11 is 0. The van der Waals surface area contributed by atoms with E-state index in [0.29, 0.717) is 48.7 Å². The number of hydrogen-bond acceptors (Lipinski definition) is 9. The minimum Gasteiger partial charge on any atom is -0.495 e. The molecule has 0 bridgehead atoms. The summed E-state index contributed by atoms with van der Waals surface area (Å²) in [6.45, 7) is 12.9. The molecule has 0 unspecified atom stereocenters. The zero-order valence-corrected chi connectivity index (χ0v) is 38.2. The fourth-order valence-corrected chi connectivity index (χ4v) is 8.52. The standard InChI is InChI=1S/C47H63F4N7O6/c1-45(2,3)63-43(60)56-25-18-33(19-26-56)55-23-16-32(17-24-55)52-42(59)31-14-15-40(41(27-31)62-8)57(44(61)64-46(4,5)6)21-10-11-34-28-35-37(53-38-20-22-54(7)29-36(38)48)12-9-13-39(35)58(34)30-47(49,50)51/h9,12-15,27-28,32-33,36,38,53H,16-26,29-30H2,1-8H3,(H,52,59)/t36-,38+/m0/s1. The van der Waals surface area contributed by atoms with Crippen molar-refractivity contribution in [1.29, 1.82) is 0 Å². The number of carbonyl (C=O) groups is 3. The van der Waals surface area contributed by atoms with Crippen molar-refractivity contribution in [2.45, 2.75) is 122 Å². The van der Waals surface area contributed by atoms with E-state index in [1.54, 1.807) is 62.1 Å². The zero-order valence-electron chi connectivity index (χ0n) is 38.2. The Balaban J connectivity index is 1.16. The van der Waals surface area contributed by atoms with Gasteiger partial charge in [-0.2, -0.15) is 13.2 Å². The molecule has 1 aromatic heterocycles. The summed E-state index contributed by atoms with van der Waals surface area (Å²) in [5.41, 5.74) is -0.0532. The normalized spacial score (nSPS) is 19.7. The van der Waals surface area contributed by atoms with E-state index < -0.39 is 42.2 Å². The number of methoxy groups -OCH3 is 1. The first-order valence-electron chi connectivity index (χ1n) is 22.1. The van der Waals surface area contributed by atoms with E-state index in [4.69, 9.17) is 14.2 Å². The van der Waals surface area contributed by atoms with Crippen molar-refractivity contribution in [3.05, 3.63) is 53.7 Å². The van der Waals surface area contributed by atoms with Crippen LogP contribution in [0.15, 0.2) is 42.5 Å². The maximum Gasteiger partial charge on any atom is 0.415 e. The van der Waals surface area contributed by atoms with E-state index in [-0.39, 0.29) is 53.8 Å². The van der Waals surface area contributed by atoms with Crippen LogP contribution in [0.4, 0.5) is 38.5 Å². The van der Waals surface area contributed by atoms with Crippen LogP contribution in [0.2, 0.25) is 0 Å². The number of hydrogen-bond donors (Lipinski definition) is 2. The summed E-state index contributed by atoms with van der Waals surface area (Å²) in [6, 6.07) is 10.9. The lowest BCUT2D eigenvalue weighted by atomic mass is 9.97. The van der Waals surface area contributed by atoms with Gasteiger partial charge >= 0.3 is 18.4 Å². The summed E-state index contributed by atoms with van der Waals surface area (Å²) < 4.78 is 75.1. The SMILES string of the molecule is COc1cc(C(=O)NC2CCN(C3CCN(C(=O)OC(C)(C)C)CC3)CC2)ccc1N(CC#Cc1cc2c(N[C@@H]3CCN(C)C[C@@H]3F)cccc2n1CC(F)(F)F)C(=O)OC(C)(C)C. The van der Waals surface area contributed by atoms with E-state index in [2.05, 4.69) is 27.4 Å². The topological polar surface area (TPSA) is 121 Å². The highest BCUT2D eigenvalue weighted by Gasteiger charge is 2.34. The van der Waals surface area contributed by atoms with Gasteiger partial charge in [0.25, 0.3) is 5.91 Å². The number of piperidine rings is 3. The van der Waals surface area contributed by atoms with Gasteiger partial charge in [-0.05, 0) is 123 Å². The Morgan fingerprint density at radius 1 is 0.875 bits per heavy atom. The Kier molecular flexibility index (Phi) is 15.0. The van der Waals surface area contributed by atoms with Crippen LogP contribution < -0.4 is 20.3 Å². The van der Waals surface area contributed by atoms with Crippen molar-refractivity contribution in [1.82, 2.24) is 24.6 Å². The average Bonchev–Trinajstić information content (AvgIpc) is 3.55. The number of halogens is 4. The molecule has 3 aromatic rings. The molecule has 4 heterocycles. The number of carbonyl (C=O) groups excluding carboxylic acids is 3. The molecular formula is C47H63F4N7O6. The Hall–Kier alpha value is -5.21. The van der Waals surface area contributed by atoms with Crippen molar-refractivity contribution < 1.29 is 46.2 Å². The molecule has 64 heavy (non-hydrogen) atoms. The minimum absolute atomic E-state index is 0.0549. The van der Waals surface area contributed by atoms with E-state index in [1.165, 1.54) is 18.1 Å². The molecule has 0 radical (unpaired) electrons. The molecule has 0 saturated carbocycles. The third kappa shape index (κ3) is 12.7. The largest absolute Gasteiger partial charge is 0.495 e. The molecule has 0 aliphatic carbocycles. The van der Waals surface area contributed by atoms with Crippen LogP contribution in [0, 0.1) is 11.8 Å². The monoisotopic (exact) mass is 897 g/mol. The second-order valence-electron chi connectivity index (χ2n) is 19.0. The quantitative estimate of drug-likeness (QED) is 0.163. The fraction of sp³-hybridized carbons (Fsp3) is 0.596. The highest BCUT2D eigenvalue weighted by molar-refractivity contribution is 5.97. The van der Waals surface area contributed by atoms with E-state index >= 15 is 4.39 Å². The first-order chi connectivity index (χ1) is 30.1. The second-order valence-corrected chi connectivity index (χ2v) is 19.0. The number of rotatable bonds is 9. The summed E-state index contributed by atoms with van der Waals surface area (Å²) in [5, 5.41) is 6.84. The molecule has 2 N–H and O–H groups in total. The molecule has 350 valence electrons. The Bertz CT molecular complexity index is 2190. The van der Waals surface area contributed by atoms with Crippen LogP contribution in [-0.2, 0) is 16.0 Å². The number of anilines is 2. The van der Waals surface area contributed by atoms with Gasteiger partial charge in [0, 0.05) is 68.0 Å². The number of alkyl halides is 4. The van der Waals surface area contributed by atoms with Gasteiger partial charge in [-0.15, -0.1) is 0 Å². The molecule has 2 atom stereocenters. The number of nitrogens with one attached hydrogen (secondary N) is 2. The maximum absolute atomic E-state index is 15.0. The van der Waals surface area contributed by atoms with Gasteiger partial charge in [0.15, 0.2) is 0 Å². The van der Waals surface area contributed by atoms with Gasteiger partial charge in [0.2, 0.25) is 0 Å². The average molecular weight is 898 g/mol. The number of amides is 3. The highest BCUT2D eigenvalue weighted by Crippen LogP contribution is 2.34. The van der Waals surface area contributed by atoms with Crippen molar-refractivity contribution in [2.75, 3.05) is 70.2 Å². The number of ether oxygens (including phenoxy) is 3. The van der Waals surface area contributed by atoms with Gasteiger partial charge in [0.05, 0.1) is 36.6 Å². The summed E-state index contributed by atoms with van der Waals surface area (Å²) in [7, 11) is 3.25. The Morgan fingerprint density at radius 2 is 1.56 bits per heavy atom. The van der Waals surface area contributed by atoms with Gasteiger partial charge < -0.3 is 44.1 Å². The molecule has 3 amide bonds. The van der Waals surface area contributed by atoms with Crippen LogP contribution in [0.25, 0.3) is 10.9 Å². The molecule has 6 rings (SSSR count). The molecule has 3 aliphatic rings. The molecule has 0 spiro atoms. The van der Waals surface area contributed by atoms with E-state index in [9.17, 15) is 27.6 Å². The number of fused-ring (bicyclic) bond motifs is 1. The van der Waals surface area contributed by atoms with Crippen molar-refractivity contribution >= 4 is 40.4 Å². The predicted octanol–water partition coefficient (Wildman–Crippen LogP) is 8.05. The summed E-state index contributed by atoms with van der Waals surface area (Å²) in [6.07, 6.45) is -3.03. The van der Waals surface area contributed by atoms with Gasteiger partial charge in [-0.25, -0.2) is 14.0 Å². The van der Waals surface area contributed by atoms with Gasteiger partial charge in [-0.1, -0.05) is 12.0 Å². The van der Waals surface area contributed by atoms with Crippen molar-refractivity contribution in [2.24, 2.45) is 0 Å². The predicted molar refractivity (Wildman–Crippen MR) is 239 cm³/mol. The first kappa shape index (κ1) is 48.3. The molecule has 3 saturated heterocycles. The van der Waals surface area contributed by atoms with Gasteiger partial charge in [-0.3, -0.25) is 9.69 Å². The number of benzene rings is 2. The van der Waals surface area contributed by atoms with Crippen LogP contribution >= 0.6 is 0 Å². The maximum atomic E-state index is 15.0. The molecule has 3 aliphatic heterocycles. The highest BCUT2D eigenvalue weighted by atomic mass is 19.4. The number of nitrogens with zero attached hydrogens (tertiary/aromatic N) is 5. The van der Waals surface area contributed by atoms with Gasteiger partial charge in [0.1, 0.15) is 29.7 Å². The van der Waals surface area contributed by atoms with Crippen LogP contribution in [0.5, 0.6) is 5.75 Å². The molecule has 2 aromatic carbocycles. The van der Waals surface area contributed by atoms with Crippen LogP contribution in [-0.4, -0.2) is 139 Å². The first-order valence-corrected chi connectivity index (χ1v) is 22.1. The van der Waals surface area contributed by atoms with Crippen molar-refractivity contribution in [3.63, 3.8) is 0 Å². The summed E-state index contributed by atoms with van der Waals surface area (Å²) in [4.78, 5) is 47.2. The zero-order chi connectivity index (χ0) is 46.6. The Morgan fingerprint density at radius 3 is 2.19 bits per heavy atom. The smallest absolute Gasteiger partial charge is 0.415 e. The Labute approximate surface area is 373 Å².